The third-order valence-electron chi connectivity index (χ3n) is 4.10. The molecule has 0 fully saturated rings. The number of benzene rings is 2. The number of para-hydroxylation sites is 1. The third kappa shape index (κ3) is 4.14. The van der Waals surface area contributed by atoms with Crippen LogP contribution in [0.4, 0.5) is 4.39 Å². The van der Waals surface area contributed by atoms with E-state index >= 15 is 0 Å². The molecule has 3 rings (SSSR count). The van der Waals surface area contributed by atoms with Gasteiger partial charge in [-0.3, -0.25) is 4.79 Å². The molecule has 0 amide bonds. The Morgan fingerprint density at radius 3 is 2.61 bits per heavy atom. The van der Waals surface area contributed by atoms with Crippen molar-refractivity contribution in [1.29, 1.82) is 0 Å². The van der Waals surface area contributed by atoms with E-state index in [1.54, 1.807) is 37.3 Å². The number of methoxy groups -OCH3 is 1. The first-order chi connectivity index (χ1) is 13.5. The predicted molar refractivity (Wildman–Crippen MR) is 98.6 cm³/mol. The smallest absolute Gasteiger partial charge is 0.374 e. The lowest BCUT2D eigenvalue weighted by molar-refractivity contribution is -0.144. The number of furan rings is 1. The van der Waals surface area contributed by atoms with Crippen molar-refractivity contribution in [3.63, 3.8) is 0 Å². The van der Waals surface area contributed by atoms with E-state index in [1.165, 1.54) is 19.2 Å². The summed E-state index contributed by atoms with van der Waals surface area (Å²) in [7, 11) is 1.36. The normalized spacial score (nSPS) is 10.7. The molecule has 7 heteroatoms. The van der Waals surface area contributed by atoms with Gasteiger partial charge in [0.2, 0.25) is 5.76 Å². The van der Waals surface area contributed by atoms with Crippen molar-refractivity contribution < 1.29 is 32.6 Å². The first-order valence-electron chi connectivity index (χ1n) is 8.69. The molecule has 6 nitrogen and oxygen atoms in total. The maximum absolute atomic E-state index is 13.8. The summed E-state index contributed by atoms with van der Waals surface area (Å²) in [4.78, 5) is 24.4. The van der Waals surface area contributed by atoms with Crippen molar-refractivity contribution in [2.75, 3.05) is 13.7 Å². The summed E-state index contributed by atoms with van der Waals surface area (Å²) in [6.07, 6.45) is -0.120. The highest BCUT2D eigenvalue weighted by molar-refractivity contribution is 5.96. The van der Waals surface area contributed by atoms with E-state index < -0.39 is 17.8 Å². The zero-order valence-corrected chi connectivity index (χ0v) is 15.5. The van der Waals surface area contributed by atoms with Crippen LogP contribution in [0, 0.1) is 5.82 Å². The molecule has 0 saturated heterocycles. The van der Waals surface area contributed by atoms with Crippen LogP contribution in [-0.4, -0.2) is 25.7 Å². The van der Waals surface area contributed by atoms with Crippen molar-refractivity contribution in [2.24, 2.45) is 0 Å². The molecule has 0 aliphatic carbocycles. The number of esters is 2. The van der Waals surface area contributed by atoms with Crippen molar-refractivity contribution in [3.05, 3.63) is 65.2 Å². The maximum atomic E-state index is 13.8. The molecule has 0 N–H and O–H groups in total. The van der Waals surface area contributed by atoms with Gasteiger partial charge in [0.25, 0.3) is 0 Å². The van der Waals surface area contributed by atoms with Crippen LogP contribution in [0.2, 0.25) is 0 Å². The Morgan fingerprint density at radius 2 is 1.89 bits per heavy atom. The van der Waals surface area contributed by atoms with E-state index in [0.717, 1.165) is 0 Å². The van der Waals surface area contributed by atoms with Crippen molar-refractivity contribution in [1.82, 2.24) is 0 Å². The quantitative estimate of drug-likeness (QED) is 0.571. The monoisotopic (exact) mass is 386 g/mol. The molecule has 1 heterocycles. The maximum Gasteiger partial charge on any atom is 0.374 e. The Bertz CT molecular complexity index is 1010. The predicted octanol–water partition coefficient (Wildman–Crippen LogP) is 4.04. The van der Waals surface area contributed by atoms with E-state index in [2.05, 4.69) is 0 Å². The van der Waals surface area contributed by atoms with E-state index in [-0.39, 0.29) is 31.1 Å². The van der Waals surface area contributed by atoms with Crippen LogP contribution in [0.25, 0.3) is 11.0 Å². The molecule has 0 radical (unpaired) electrons. The minimum absolute atomic E-state index is 0.00587. The largest absolute Gasteiger partial charge is 0.494 e. The SMILES string of the molecule is CCOC(=O)c1oc2ccccc2c1COC(=O)Cc1ccc(OC)c(F)c1. The first-order valence-corrected chi connectivity index (χ1v) is 8.69. The molecule has 0 spiro atoms. The summed E-state index contributed by atoms with van der Waals surface area (Å²) in [6, 6.07) is 11.3. The number of rotatable bonds is 7. The number of carbonyl (C=O) groups is 2. The molecule has 3 aromatic rings. The van der Waals surface area contributed by atoms with Gasteiger partial charge < -0.3 is 18.6 Å². The fourth-order valence-electron chi connectivity index (χ4n) is 2.79. The lowest BCUT2D eigenvalue weighted by Gasteiger charge is -2.07. The summed E-state index contributed by atoms with van der Waals surface area (Å²) in [5.74, 6) is -1.64. The molecule has 2 aromatic carbocycles. The Labute approximate surface area is 160 Å². The Hall–Kier alpha value is -3.35. The molecule has 146 valence electrons. The van der Waals surface area contributed by atoms with Gasteiger partial charge >= 0.3 is 11.9 Å². The molecule has 0 aliphatic rings. The number of carbonyl (C=O) groups excluding carboxylic acids is 2. The number of halogens is 1. The number of hydrogen-bond donors (Lipinski definition) is 0. The van der Waals surface area contributed by atoms with Gasteiger partial charge in [-0.2, -0.15) is 0 Å². The van der Waals surface area contributed by atoms with Crippen molar-refractivity contribution in [3.8, 4) is 5.75 Å². The van der Waals surface area contributed by atoms with E-state index in [1.807, 2.05) is 0 Å². The van der Waals surface area contributed by atoms with E-state index in [4.69, 9.17) is 18.6 Å². The van der Waals surface area contributed by atoms with Gasteiger partial charge in [-0.1, -0.05) is 24.3 Å². The summed E-state index contributed by atoms with van der Waals surface area (Å²) in [5.41, 5.74) is 1.38. The fraction of sp³-hybridized carbons (Fsp3) is 0.238. The Morgan fingerprint density at radius 1 is 1.11 bits per heavy atom. The Balaban J connectivity index is 1.75. The fourth-order valence-corrected chi connectivity index (χ4v) is 2.79. The topological polar surface area (TPSA) is 75.0 Å². The van der Waals surface area contributed by atoms with Gasteiger partial charge in [0, 0.05) is 5.39 Å². The molecule has 0 unspecified atom stereocenters. The molecule has 28 heavy (non-hydrogen) atoms. The molecule has 0 atom stereocenters. The van der Waals surface area contributed by atoms with Crippen LogP contribution in [0.5, 0.6) is 5.75 Å². The van der Waals surface area contributed by atoms with Crippen LogP contribution < -0.4 is 4.74 Å². The van der Waals surface area contributed by atoms with Crippen LogP contribution >= 0.6 is 0 Å². The highest BCUT2D eigenvalue weighted by Gasteiger charge is 2.22. The lowest BCUT2D eigenvalue weighted by atomic mass is 10.1. The van der Waals surface area contributed by atoms with Gasteiger partial charge in [0.05, 0.1) is 25.7 Å². The molecular weight excluding hydrogens is 367 g/mol. The summed E-state index contributed by atoms with van der Waals surface area (Å²) in [6.45, 7) is 1.72. The average Bonchev–Trinajstić information content (AvgIpc) is 3.05. The van der Waals surface area contributed by atoms with Gasteiger partial charge in [-0.15, -0.1) is 0 Å². The zero-order chi connectivity index (χ0) is 20.1. The minimum Gasteiger partial charge on any atom is -0.494 e. The molecule has 0 aliphatic heterocycles. The molecular formula is C21H19FO6. The lowest BCUT2D eigenvalue weighted by Crippen LogP contribution is -2.11. The molecule has 0 bridgehead atoms. The first kappa shape index (κ1) is 19.4. The second-order valence-electron chi connectivity index (χ2n) is 5.93. The van der Waals surface area contributed by atoms with Gasteiger partial charge in [-0.05, 0) is 30.7 Å². The number of ether oxygens (including phenoxy) is 3. The summed E-state index contributed by atoms with van der Waals surface area (Å²) < 4.78 is 34.5. The van der Waals surface area contributed by atoms with E-state index in [0.29, 0.717) is 22.1 Å². The number of fused-ring (bicyclic) bond motifs is 1. The minimum atomic E-state index is -0.623. The van der Waals surface area contributed by atoms with Crippen LogP contribution in [-0.2, 0) is 27.3 Å². The van der Waals surface area contributed by atoms with Crippen LogP contribution in [0.3, 0.4) is 0 Å². The molecule has 1 aromatic heterocycles. The summed E-state index contributed by atoms with van der Waals surface area (Å²) in [5, 5.41) is 0.661. The zero-order valence-electron chi connectivity index (χ0n) is 15.5. The highest BCUT2D eigenvalue weighted by atomic mass is 19.1. The highest BCUT2D eigenvalue weighted by Crippen LogP contribution is 2.27. The second kappa shape index (κ2) is 8.56. The second-order valence-corrected chi connectivity index (χ2v) is 5.93. The third-order valence-corrected chi connectivity index (χ3v) is 4.10. The van der Waals surface area contributed by atoms with E-state index in [9.17, 15) is 14.0 Å². The van der Waals surface area contributed by atoms with Gasteiger partial charge in [-0.25, -0.2) is 9.18 Å². The van der Waals surface area contributed by atoms with Crippen molar-refractivity contribution in [2.45, 2.75) is 20.0 Å². The Kier molecular flexibility index (Phi) is 5.93. The standard InChI is InChI=1S/C21H19FO6/c1-3-26-21(24)20-15(14-6-4-5-7-17(14)28-20)12-27-19(23)11-13-8-9-18(25-2)16(22)10-13/h4-10H,3,11-12H2,1-2H3. The average molecular weight is 386 g/mol. The van der Waals surface area contributed by atoms with Crippen molar-refractivity contribution >= 4 is 22.9 Å². The van der Waals surface area contributed by atoms with Gasteiger partial charge in [0.1, 0.15) is 12.2 Å². The van der Waals surface area contributed by atoms with Crippen LogP contribution in [0.1, 0.15) is 28.6 Å². The van der Waals surface area contributed by atoms with Gasteiger partial charge in [0.15, 0.2) is 11.6 Å². The molecule has 0 saturated carbocycles. The van der Waals surface area contributed by atoms with Crippen LogP contribution in [0.15, 0.2) is 46.9 Å². The summed E-state index contributed by atoms with van der Waals surface area (Å²) >= 11 is 0. The number of hydrogen-bond acceptors (Lipinski definition) is 6.